The molecule has 0 spiro atoms. The molecule has 2 fully saturated rings. The summed E-state index contributed by atoms with van der Waals surface area (Å²) < 4.78 is 5.78. The van der Waals surface area contributed by atoms with Crippen LogP contribution in [0.1, 0.15) is 25.7 Å². The average molecular weight is 141 g/mol. The van der Waals surface area contributed by atoms with Crippen LogP contribution in [-0.4, -0.2) is 25.3 Å². The Balaban J connectivity index is 1.68. The zero-order valence-corrected chi connectivity index (χ0v) is 6.31. The van der Waals surface area contributed by atoms with Crippen LogP contribution >= 0.6 is 0 Å². The molecule has 0 bridgehead atoms. The predicted octanol–water partition coefficient (Wildman–Crippen LogP) is 0.917. The maximum Gasteiger partial charge on any atom is 0.0715 e. The maximum absolute atomic E-state index is 5.78. The molecule has 2 aliphatic rings. The molecule has 58 valence electrons. The lowest BCUT2D eigenvalue weighted by Gasteiger charge is -2.28. The van der Waals surface area contributed by atoms with E-state index in [0.717, 1.165) is 13.1 Å². The molecule has 1 aliphatic heterocycles. The Morgan fingerprint density at radius 1 is 1.10 bits per heavy atom. The second-order valence-corrected chi connectivity index (χ2v) is 3.30. The Labute approximate surface area is 61.9 Å². The average Bonchev–Trinajstić information content (AvgIpc) is 2.29. The molecule has 2 heteroatoms. The first-order valence-electron chi connectivity index (χ1n) is 4.31. The van der Waals surface area contributed by atoms with Crippen LogP contribution in [0.4, 0.5) is 0 Å². The molecule has 0 aromatic heterocycles. The van der Waals surface area contributed by atoms with Crippen molar-refractivity contribution in [1.29, 1.82) is 0 Å². The summed E-state index contributed by atoms with van der Waals surface area (Å²) in [5, 5.41) is 3.30. The first kappa shape index (κ1) is 6.62. The van der Waals surface area contributed by atoms with Crippen molar-refractivity contribution in [2.75, 3.05) is 13.1 Å². The Hall–Kier alpha value is -0.0800. The van der Waals surface area contributed by atoms with Crippen LogP contribution in [0.15, 0.2) is 0 Å². The van der Waals surface area contributed by atoms with Gasteiger partial charge < -0.3 is 10.1 Å². The Kier molecular flexibility index (Phi) is 1.91. The van der Waals surface area contributed by atoms with Crippen LogP contribution in [0.2, 0.25) is 0 Å². The summed E-state index contributed by atoms with van der Waals surface area (Å²) >= 11 is 0. The first-order chi connectivity index (χ1) is 4.95. The summed E-state index contributed by atoms with van der Waals surface area (Å²) in [5.41, 5.74) is 0. The molecule has 2 rings (SSSR count). The van der Waals surface area contributed by atoms with Gasteiger partial charge in [0.1, 0.15) is 0 Å². The fraction of sp³-hybridized carbons (Fsp3) is 1.00. The number of rotatable bonds is 2. The third kappa shape index (κ3) is 1.32. The van der Waals surface area contributed by atoms with E-state index in [4.69, 9.17) is 4.74 Å². The highest BCUT2D eigenvalue weighted by Gasteiger charge is 2.24. The van der Waals surface area contributed by atoms with Gasteiger partial charge in [-0.3, -0.25) is 0 Å². The number of nitrogens with one attached hydrogen (secondary N) is 1. The van der Waals surface area contributed by atoms with Gasteiger partial charge in [-0.05, 0) is 32.2 Å². The van der Waals surface area contributed by atoms with Crippen molar-refractivity contribution < 1.29 is 4.74 Å². The van der Waals surface area contributed by atoms with Gasteiger partial charge in [-0.2, -0.15) is 0 Å². The summed E-state index contributed by atoms with van der Waals surface area (Å²) in [6.07, 6.45) is 6.35. The van der Waals surface area contributed by atoms with Crippen molar-refractivity contribution in [2.24, 2.45) is 0 Å². The Morgan fingerprint density at radius 3 is 2.50 bits per heavy atom. The van der Waals surface area contributed by atoms with E-state index in [-0.39, 0.29) is 0 Å². The molecule has 1 saturated heterocycles. The topological polar surface area (TPSA) is 21.3 Å². The summed E-state index contributed by atoms with van der Waals surface area (Å²) in [7, 11) is 0. The van der Waals surface area contributed by atoms with Crippen LogP contribution < -0.4 is 5.32 Å². The van der Waals surface area contributed by atoms with Crippen molar-refractivity contribution in [3.63, 3.8) is 0 Å². The molecule has 1 heterocycles. The fourth-order valence-corrected chi connectivity index (χ4v) is 1.52. The Bertz CT molecular complexity index is 106. The van der Waals surface area contributed by atoms with E-state index in [1.54, 1.807) is 0 Å². The molecule has 1 atom stereocenters. The van der Waals surface area contributed by atoms with Gasteiger partial charge in [0.05, 0.1) is 12.2 Å². The van der Waals surface area contributed by atoms with Crippen molar-refractivity contribution in [1.82, 2.24) is 5.32 Å². The molecule has 1 N–H and O–H groups in total. The van der Waals surface area contributed by atoms with Crippen LogP contribution in [0, 0.1) is 0 Å². The molecule has 1 saturated carbocycles. The third-order valence-corrected chi connectivity index (χ3v) is 2.45. The van der Waals surface area contributed by atoms with E-state index < -0.39 is 0 Å². The molecular formula is C8H15NO. The lowest BCUT2D eigenvalue weighted by atomic mass is 9.96. The fourth-order valence-electron chi connectivity index (χ4n) is 1.52. The normalized spacial score (nSPS) is 34.2. The van der Waals surface area contributed by atoms with Crippen molar-refractivity contribution in [2.45, 2.75) is 37.9 Å². The van der Waals surface area contributed by atoms with Crippen molar-refractivity contribution in [3.05, 3.63) is 0 Å². The molecular weight excluding hydrogens is 126 g/mol. The molecule has 0 amide bonds. The van der Waals surface area contributed by atoms with E-state index >= 15 is 0 Å². The smallest absolute Gasteiger partial charge is 0.0715 e. The van der Waals surface area contributed by atoms with Gasteiger partial charge in [-0.15, -0.1) is 0 Å². The van der Waals surface area contributed by atoms with Gasteiger partial charge in [0.2, 0.25) is 0 Å². The van der Waals surface area contributed by atoms with Crippen LogP contribution in [-0.2, 0) is 4.74 Å². The van der Waals surface area contributed by atoms with Gasteiger partial charge in [-0.1, -0.05) is 0 Å². The standard InChI is InChI=1S/C8H15NO/c1-2-7(3-1)10-8-4-5-9-6-8/h7-9H,1-6H2/t8-/m0/s1. The molecule has 0 radical (unpaired) electrons. The molecule has 0 aromatic rings. The monoisotopic (exact) mass is 141 g/mol. The minimum absolute atomic E-state index is 0.533. The highest BCUT2D eigenvalue weighted by molar-refractivity contribution is 4.76. The van der Waals surface area contributed by atoms with Crippen LogP contribution in [0.3, 0.4) is 0 Å². The van der Waals surface area contributed by atoms with E-state index in [0.29, 0.717) is 12.2 Å². The molecule has 2 nitrogen and oxygen atoms in total. The summed E-state index contributed by atoms with van der Waals surface area (Å²) in [6, 6.07) is 0. The maximum atomic E-state index is 5.78. The lowest BCUT2D eigenvalue weighted by molar-refractivity contribution is -0.0418. The molecule has 10 heavy (non-hydrogen) atoms. The first-order valence-corrected chi connectivity index (χ1v) is 4.31. The van der Waals surface area contributed by atoms with Gasteiger partial charge in [0, 0.05) is 6.54 Å². The van der Waals surface area contributed by atoms with E-state index in [1.807, 2.05) is 0 Å². The highest BCUT2D eigenvalue weighted by Crippen LogP contribution is 2.24. The zero-order valence-electron chi connectivity index (χ0n) is 6.31. The van der Waals surface area contributed by atoms with E-state index in [2.05, 4.69) is 5.32 Å². The quantitative estimate of drug-likeness (QED) is 0.617. The van der Waals surface area contributed by atoms with Crippen LogP contribution in [0.5, 0.6) is 0 Å². The minimum atomic E-state index is 0.533. The largest absolute Gasteiger partial charge is 0.374 e. The SMILES string of the molecule is C1CC(O[C@H]2CCNC2)C1. The number of hydrogen-bond acceptors (Lipinski definition) is 2. The second-order valence-electron chi connectivity index (χ2n) is 3.30. The number of ether oxygens (including phenoxy) is 1. The number of hydrogen-bond donors (Lipinski definition) is 1. The highest BCUT2D eigenvalue weighted by atomic mass is 16.5. The molecule has 0 aromatic carbocycles. The van der Waals surface area contributed by atoms with Gasteiger partial charge in [-0.25, -0.2) is 0 Å². The van der Waals surface area contributed by atoms with Gasteiger partial charge in [0.15, 0.2) is 0 Å². The van der Waals surface area contributed by atoms with Gasteiger partial charge >= 0.3 is 0 Å². The summed E-state index contributed by atoms with van der Waals surface area (Å²) in [4.78, 5) is 0. The van der Waals surface area contributed by atoms with Gasteiger partial charge in [0.25, 0.3) is 0 Å². The second kappa shape index (κ2) is 2.89. The lowest BCUT2D eigenvalue weighted by Crippen LogP contribution is -2.28. The zero-order chi connectivity index (χ0) is 6.81. The third-order valence-electron chi connectivity index (χ3n) is 2.45. The molecule has 0 unspecified atom stereocenters. The summed E-state index contributed by atoms with van der Waals surface area (Å²) in [6.45, 7) is 2.23. The van der Waals surface area contributed by atoms with Crippen molar-refractivity contribution in [3.8, 4) is 0 Å². The van der Waals surface area contributed by atoms with Crippen LogP contribution in [0.25, 0.3) is 0 Å². The van der Waals surface area contributed by atoms with Crippen molar-refractivity contribution >= 4 is 0 Å². The Morgan fingerprint density at radius 2 is 2.00 bits per heavy atom. The molecule has 1 aliphatic carbocycles. The van der Waals surface area contributed by atoms with E-state index in [1.165, 1.54) is 25.7 Å². The predicted molar refractivity (Wildman–Crippen MR) is 40.0 cm³/mol. The van der Waals surface area contributed by atoms with E-state index in [9.17, 15) is 0 Å². The minimum Gasteiger partial charge on any atom is -0.374 e. The summed E-state index contributed by atoms with van der Waals surface area (Å²) in [5.74, 6) is 0.